The number of rotatable bonds is 3. The van der Waals surface area contributed by atoms with E-state index in [0.717, 1.165) is 10.2 Å². The fraction of sp³-hybridized carbons (Fsp3) is 0.556. The molecule has 0 amide bonds. The molecule has 1 rings (SSSR count). The molecule has 0 saturated heterocycles. The molecule has 0 spiro atoms. The first kappa shape index (κ1) is 10.8. The summed E-state index contributed by atoms with van der Waals surface area (Å²) in [5, 5.41) is 8.88. The SMILES string of the molecule is CC(C)n1cc(C(N)CO)cc1Br. The molecule has 0 bridgehead atoms. The second-order valence-electron chi connectivity index (χ2n) is 3.39. The van der Waals surface area contributed by atoms with Crippen molar-refractivity contribution in [1.29, 1.82) is 0 Å². The van der Waals surface area contributed by atoms with Gasteiger partial charge in [0.2, 0.25) is 0 Å². The van der Waals surface area contributed by atoms with E-state index in [9.17, 15) is 0 Å². The highest BCUT2D eigenvalue weighted by Gasteiger charge is 2.10. The molecular formula is C9H15BrN2O. The smallest absolute Gasteiger partial charge is 0.0852 e. The fourth-order valence-corrected chi connectivity index (χ4v) is 1.95. The highest BCUT2D eigenvalue weighted by molar-refractivity contribution is 9.10. The van der Waals surface area contributed by atoms with Gasteiger partial charge in [-0.05, 0) is 41.4 Å². The van der Waals surface area contributed by atoms with Crippen LogP contribution in [-0.4, -0.2) is 16.3 Å². The van der Waals surface area contributed by atoms with Crippen LogP contribution in [0.15, 0.2) is 16.9 Å². The Balaban J connectivity index is 2.95. The van der Waals surface area contributed by atoms with Crippen molar-refractivity contribution in [1.82, 2.24) is 4.57 Å². The average Bonchev–Trinajstić information content (AvgIpc) is 2.46. The van der Waals surface area contributed by atoms with Crippen LogP contribution < -0.4 is 5.73 Å². The highest BCUT2D eigenvalue weighted by atomic mass is 79.9. The third-order valence-electron chi connectivity index (χ3n) is 2.00. The zero-order valence-electron chi connectivity index (χ0n) is 7.87. The second-order valence-corrected chi connectivity index (χ2v) is 4.20. The molecule has 74 valence electrons. The van der Waals surface area contributed by atoms with Crippen LogP contribution in [0, 0.1) is 0 Å². The summed E-state index contributed by atoms with van der Waals surface area (Å²) in [5.41, 5.74) is 6.65. The maximum absolute atomic E-state index is 8.88. The molecule has 0 fully saturated rings. The fourth-order valence-electron chi connectivity index (χ4n) is 1.18. The number of hydrogen-bond donors (Lipinski definition) is 2. The van der Waals surface area contributed by atoms with Crippen LogP contribution in [0.4, 0.5) is 0 Å². The summed E-state index contributed by atoms with van der Waals surface area (Å²) >= 11 is 3.44. The Bertz CT molecular complexity index is 283. The molecule has 0 aliphatic heterocycles. The molecule has 1 aromatic heterocycles. The maximum Gasteiger partial charge on any atom is 0.0852 e. The van der Waals surface area contributed by atoms with Gasteiger partial charge in [-0.1, -0.05) is 0 Å². The molecule has 3 nitrogen and oxygen atoms in total. The first-order valence-electron chi connectivity index (χ1n) is 4.30. The molecule has 13 heavy (non-hydrogen) atoms. The lowest BCUT2D eigenvalue weighted by Crippen LogP contribution is -2.13. The first-order chi connectivity index (χ1) is 6.06. The molecule has 0 radical (unpaired) electrons. The first-order valence-corrected chi connectivity index (χ1v) is 5.09. The number of halogens is 1. The predicted molar refractivity (Wildman–Crippen MR) is 56.5 cm³/mol. The van der Waals surface area contributed by atoms with E-state index < -0.39 is 0 Å². The number of nitrogens with two attached hydrogens (primary N) is 1. The van der Waals surface area contributed by atoms with Gasteiger partial charge in [0, 0.05) is 12.2 Å². The van der Waals surface area contributed by atoms with Crippen LogP contribution in [0.5, 0.6) is 0 Å². The summed E-state index contributed by atoms with van der Waals surface area (Å²) in [4.78, 5) is 0. The second kappa shape index (κ2) is 4.26. The van der Waals surface area contributed by atoms with E-state index in [0.29, 0.717) is 6.04 Å². The van der Waals surface area contributed by atoms with Crippen LogP contribution in [-0.2, 0) is 0 Å². The van der Waals surface area contributed by atoms with Gasteiger partial charge in [0.15, 0.2) is 0 Å². The summed E-state index contributed by atoms with van der Waals surface area (Å²) in [6, 6.07) is 2.06. The minimum absolute atomic E-state index is 0.0193. The molecule has 1 atom stereocenters. The van der Waals surface area contributed by atoms with Crippen molar-refractivity contribution in [3.05, 3.63) is 22.4 Å². The predicted octanol–water partition coefficient (Wildman–Crippen LogP) is 1.82. The van der Waals surface area contributed by atoms with Gasteiger partial charge in [0.05, 0.1) is 17.3 Å². The normalized spacial score (nSPS) is 13.7. The third kappa shape index (κ3) is 2.33. The lowest BCUT2D eigenvalue weighted by Gasteiger charge is -2.08. The van der Waals surface area contributed by atoms with Crippen molar-refractivity contribution >= 4 is 15.9 Å². The van der Waals surface area contributed by atoms with Gasteiger partial charge in [-0.2, -0.15) is 0 Å². The van der Waals surface area contributed by atoms with Crippen molar-refractivity contribution in [3.8, 4) is 0 Å². The Morgan fingerprint density at radius 3 is 2.62 bits per heavy atom. The van der Waals surface area contributed by atoms with Crippen LogP contribution in [0.3, 0.4) is 0 Å². The van der Waals surface area contributed by atoms with Crippen molar-refractivity contribution in [3.63, 3.8) is 0 Å². The van der Waals surface area contributed by atoms with Crippen molar-refractivity contribution < 1.29 is 5.11 Å². The molecule has 3 N–H and O–H groups in total. The van der Waals surface area contributed by atoms with Gasteiger partial charge in [-0.25, -0.2) is 0 Å². The quantitative estimate of drug-likeness (QED) is 0.856. The van der Waals surface area contributed by atoms with Gasteiger partial charge in [-0.3, -0.25) is 0 Å². The third-order valence-corrected chi connectivity index (χ3v) is 2.64. The molecule has 1 aromatic rings. The molecule has 4 heteroatoms. The number of aliphatic hydroxyl groups excluding tert-OH is 1. The van der Waals surface area contributed by atoms with Gasteiger partial charge in [-0.15, -0.1) is 0 Å². The van der Waals surface area contributed by atoms with Gasteiger partial charge in [0.25, 0.3) is 0 Å². The van der Waals surface area contributed by atoms with E-state index in [2.05, 4.69) is 34.3 Å². The van der Waals surface area contributed by atoms with E-state index in [1.807, 2.05) is 12.3 Å². The van der Waals surface area contributed by atoms with E-state index in [1.165, 1.54) is 0 Å². The molecule has 0 saturated carbocycles. The monoisotopic (exact) mass is 246 g/mol. The minimum atomic E-state index is -0.281. The van der Waals surface area contributed by atoms with Crippen LogP contribution in [0.2, 0.25) is 0 Å². The summed E-state index contributed by atoms with van der Waals surface area (Å²) < 4.78 is 3.08. The van der Waals surface area contributed by atoms with Gasteiger partial charge >= 0.3 is 0 Å². The van der Waals surface area contributed by atoms with Crippen LogP contribution in [0.25, 0.3) is 0 Å². The summed E-state index contributed by atoms with van der Waals surface area (Å²) in [6.07, 6.45) is 1.97. The lowest BCUT2D eigenvalue weighted by atomic mass is 10.2. The number of hydrogen-bond acceptors (Lipinski definition) is 2. The molecule has 0 aromatic carbocycles. The number of aliphatic hydroxyl groups is 1. The Morgan fingerprint density at radius 2 is 2.23 bits per heavy atom. The summed E-state index contributed by atoms with van der Waals surface area (Å²) in [6.45, 7) is 4.17. The van der Waals surface area contributed by atoms with Crippen molar-refractivity contribution in [2.24, 2.45) is 5.73 Å². The number of nitrogens with zero attached hydrogens (tertiary/aromatic N) is 1. The van der Waals surface area contributed by atoms with Gasteiger partial charge < -0.3 is 15.4 Å². The molecular weight excluding hydrogens is 232 g/mol. The molecule has 1 heterocycles. The van der Waals surface area contributed by atoms with Crippen LogP contribution in [0.1, 0.15) is 31.5 Å². The Kier molecular flexibility index (Phi) is 3.53. The Morgan fingerprint density at radius 1 is 1.62 bits per heavy atom. The minimum Gasteiger partial charge on any atom is -0.394 e. The van der Waals surface area contributed by atoms with Crippen molar-refractivity contribution in [2.45, 2.75) is 25.9 Å². The Hall–Kier alpha value is -0.320. The lowest BCUT2D eigenvalue weighted by molar-refractivity contribution is 0.268. The molecule has 0 aliphatic rings. The van der Waals surface area contributed by atoms with Crippen LogP contribution >= 0.6 is 15.9 Å². The van der Waals surface area contributed by atoms with E-state index in [-0.39, 0.29) is 12.6 Å². The molecule has 0 aliphatic carbocycles. The van der Waals surface area contributed by atoms with Crippen molar-refractivity contribution in [2.75, 3.05) is 6.61 Å². The topological polar surface area (TPSA) is 51.2 Å². The largest absolute Gasteiger partial charge is 0.394 e. The van der Waals surface area contributed by atoms with Gasteiger partial charge in [0.1, 0.15) is 0 Å². The zero-order chi connectivity index (χ0) is 10.0. The maximum atomic E-state index is 8.88. The summed E-state index contributed by atoms with van der Waals surface area (Å²) in [5.74, 6) is 0. The van der Waals surface area contributed by atoms with E-state index >= 15 is 0 Å². The standard InChI is InChI=1S/C9H15BrN2O/c1-6(2)12-4-7(3-9(12)10)8(11)5-13/h3-4,6,8,13H,5,11H2,1-2H3. The average molecular weight is 247 g/mol. The Labute approximate surface area is 86.7 Å². The highest BCUT2D eigenvalue weighted by Crippen LogP contribution is 2.22. The van der Waals surface area contributed by atoms with E-state index in [4.69, 9.17) is 10.8 Å². The zero-order valence-corrected chi connectivity index (χ0v) is 9.45. The number of aromatic nitrogens is 1. The van der Waals surface area contributed by atoms with E-state index in [1.54, 1.807) is 0 Å². The summed E-state index contributed by atoms with van der Waals surface area (Å²) in [7, 11) is 0. The molecule has 1 unspecified atom stereocenters.